The van der Waals surface area contributed by atoms with E-state index in [1.165, 1.54) is 38.1 Å². The summed E-state index contributed by atoms with van der Waals surface area (Å²) in [5.41, 5.74) is -0.175. The van der Waals surface area contributed by atoms with Crippen LogP contribution in [0.5, 0.6) is 0 Å². The summed E-state index contributed by atoms with van der Waals surface area (Å²) in [5.74, 6) is -1.23. The quantitative estimate of drug-likeness (QED) is 0.852. The van der Waals surface area contributed by atoms with Crippen molar-refractivity contribution in [3.63, 3.8) is 0 Å². The van der Waals surface area contributed by atoms with Crippen LogP contribution in [-0.4, -0.2) is 24.7 Å². The number of carboxylic acids is 1. The van der Waals surface area contributed by atoms with E-state index in [4.69, 9.17) is 5.11 Å². The summed E-state index contributed by atoms with van der Waals surface area (Å²) >= 11 is 0. The maximum absolute atomic E-state index is 11.8. The van der Waals surface area contributed by atoms with E-state index in [9.17, 15) is 13.2 Å². The van der Waals surface area contributed by atoms with Crippen molar-refractivity contribution in [1.29, 1.82) is 0 Å². The topological polar surface area (TPSA) is 71.4 Å². The molecule has 0 unspecified atom stereocenters. The largest absolute Gasteiger partial charge is 0.478 e. The predicted molar refractivity (Wildman–Crippen MR) is 55.7 cm³/mol. The summed E-state index contributed by atoms with van der Waals surface area (Å²) in [6, 6.07) is 5.63. The van der Waals surface area contributed by atoms with Crippen molar-refractivity contribution in [1.82, 2.24) is 0 Å². The lowest BCUT2D eigenvalue weighted by Crippen LogP contribution is -2.17. The van der Waals surface area contributed by atoms with Gasteiger partial charge in [0, 0.05) is 0 Å². The third-order valence-corrected chi connectivity index (χ3v) is 4.25. The Morgan fingerprint density at radius 3 is 2.27 bits per heavy atom. The van der Waals surface area contributed by atoms with Crippen molar-refractivity contribution in [3.05, 3.63) is 29.8 Å². The molecule has 0 aliphatic heterocycles. The normalized spacial score (nSPS) is 11.7. The van der Waals surface area contributed by atoms with Gasteiger partial charge < -0.3 is 5.11 Å². The van der Waals surface area contributed by atoms with Crippen LogP contribution >= 0.6 is 0 Å². The fraction of sp³-hybridized carbons (Fsp3) is 0.300. The van der Waals surface area contributed by atoms with Gasteiger partial charge in [-0.3, -0.25) is 0 Å². The van der Waals surface area contributed by atoms with Gasteiger partial charge in [0.2, 0.25) is 0 Å². The zero-order valence-corrected chi connectivity index (χ0v) is 9.28. The summed E-state index contributed by atoms with van der Waals surface area (Å²) in [6.45, 7) is 3.04. The van der Waals surface area contributed by atoms with E-state index in [2.05, 4.69) is 0 Å². The minimum absolute atomic E-state index is 0.118. The second kappa shape index (κ2) is 4.02. The van der Waals surface area contributed by atoms with Gasteiger partial charge in [-0.2, -0.15) is 0 Å². The lowest BCUT2D eigenvalue weighted by Gasteiger charge is -2.09. The molecule has 1 aromatic carbocycles. The molecule has 0 bridgehead atoms. The van der Waals surface area contributed by atoms with Gasteiger partial charge in [-0.05, 0) is 26.0 Å². The Hall–Kier alpha value is -1.36. The number of hydrogen-bond acceptors (Lipinski definition) is 3. The SMILES string of the molecule is CC(C)S(=O)(=O)c1ccccc1C(=O)O. The number of sulfone groups is 1. The molecule has 1 N–H and O–H groups in total. The second-order valence-electron chi connectivity index (χ2n) is 3.40. The first-order chi connectivity index (χ1) is 6.87. The molecular formula is C10H12O4S. The minimum Gasteiger partial charge on any atom is -0.478 e. The molecule has 15 heavy (non-hydrogen) atoms. The number of benzene rings is 1. The first-order valence-corrected chi connectivity index (χ1v) is 5.98. The molecule has 4 nitrogen and oxygen atoms in total. The van der Waals surface area contributed by atoms with Gasteiger partial charge >= 0.3 is 5.97 Å². The highest BCUT2D eigenvalue weighted by atomic mass is 32.2. The summed E-state index contributed by atoms with van der Waals surface area (Å²) in [5, 5.41) is 8.22. The van der Waals surface area contributed by atoms with Gasteiger partial charge in [0.1, 0.15) is 0 Å². The zero-order valence-electron chi connectivity index (χ0n) is 8.47. The van der Waals surface area contributed by atoms with E-state index in [-0.39, 0.29) is 10.5 Å². The summed E-state index contributed by atoms with van der Waals surface area (Å²) in [4.78, 5) is 10.7. The molecule has 0 spiro atoms. The van der Waals surface area contributed by atoms with Gasteiger partial charge in [-0.15, -0.1) is 0 Å². The standard InChI is InChI=1S/C10H12O4S/c1-7(2)15(13,14)9-6-4-3-5-8(9)10(11)12/h3-7H,1-2H3,(H,11,12). The fourth-order valence-electron chi connectivity index (χ4n) is 1.15. The zero-order chi connectivity index (χ0) is 11.6. The Labute approximate surface area is 88.5 Å². The van der Waals surface area contributed by atoms with Crippen LogP contribution in [0.1, 0.15) is 24.2 Å². The van der Waals surface area contributed by atoms with E-state index >= 15 is 0 Å². The minimum atomic E-state index is -3.53. The molecule has 0 amide bonds. The molecule has 0 saturated heterocycles. The molecular weight excluding hydrogens is 216 g/mol. The Bertz CT molecular complexity index is 474. The number of carboxylic acid groups (broad SMARTS) is 1. The summed E-state index contributed by atoms with van der Waals surface area (Å²) in [7, 11) is -3.53. The molecule has 0 aliphatic rings. The van der Waals surface area contributed by atoms with Crippen LogP contribution in [-0.2, 0) is 9.84 Å². The summed E-state index contributed by atoms with van der Waals surface area (Å²) in [6.07, 6.45) is 0. The smallest absolute Gasteiger partial charge is 0.337 e. The molecule has 0 atom stereocenters. The van der Waals surface area contributed by atoms with Crippen LogP contribution < -0.4 is 0 Å². The molecule has 1 aromatic rings. The molecule has 0 saturated carbocycles. The first-order valence-electron chi connectivity index (χ1n) is 4.43. The maximum atomic E-state index is 11.8. The van der Waals surface area contributed by atoms with Crippen LogP contribution in [0.25, 0.3) is 0 Å². The van der Waals surface area contributed by atoms with E-state index in [0.29, 0.717) is 0 Å². The van der Waals surface area contributed by atoms with E-state index < -0.39 is 21.1 Å². The third kappa shape index (κ3) is 2.18. The Morgan fingerprint density at radius 2 is 1.80 bits per heavy atom. The van der Waals surface area contributed by atoms with Crippen LogP contribution in [0.3, 0.4) is 0 Å². The molecule has 0 heterocycles. The first kappa shape index (κ1) is 11.7. The van der Waals surface area contributed by atoms with E-state index in [1.807, 2.05) is 0 Å². The molecule has 5 heteroatoms. The van der Waals surface area contributed by atoms with Crippen LogP contribution in [0.15, 0.2) is 29.2 Å². The molecule has 0 radical (unpaired) electrons. The number of aromatic carboxylic acids is 1. The fourth-order valence-corrected chi connectivity index (χ4v) is 2.38. The van der Waals surface area contributed by atoms with Crippen molar-refractivity contribution in [2.45, 2.75) is 24.0 Å². The van der Waals surface area contributed by atoms with Gasteiger partial charge in [0.25, 0.3) is 0 Å². The lowest BCUT2D eigenvalue weighted by molar-refractivity contribution is 0.0692. The molecule has 0 aromatic heterocycles. The van der Waals surface area contributed by atoms with Crippen molar-refractivity contribution in [2.24, 2.45) is 0 Å². The molecule has 82 valence electrons. The molecule has 1 rings (SSSR count). The van der Waals surface area contributed by atoms with Crippen molar-refractivity contribution < 1.29 is 18.3 Å². The maximum Gasteiger partial charge on any atom is 0.337 e. The van der Waals surface area contributed by atoms with Gasteiger partial charge in [0.15, 0.2) is 9.84 Å². The monoisotopic (exact) mass is 228 g/mol. The molecule has 0 fully saturated rings. The number of hydrogen-bond donors (Lipinski definition) is 1. The number of carbonyl (C=O) groups is 1. The van der Waals surface area contributed by atoms with Gasteiger partial charge in [-0.1, -0.05) is 12.1 Å². The van der Waals surface area contributed by atoms with Crippen LogP contribution in [0.2, 0.25) is 0 Å². The lowest BCUT2D eigenvalue weighted by atomic mass is 10.2. The predicted octanol–water partition coefficient (Wildman–Crippen LogP) is 1.57. The Morgan fingerprint density at radius 1 is 1.27 bits per heavy atom. The van der Waals surface area contributed by atoms with Crippen molar-refractivity contribution >= 4 is 15.8 Å². The van der Waals surface area contributed by atoms with Crippen LogP contribution in [0, 0.1) is 0 Å². The van der Waals surface area contributed by atoms with E-state index in [1.54, 1.807) is 0 Å². The van der Waals surface area contributed by atoms with Crippen LogP contribution in [0.4, 0.5) is 0 Å². The highest BCUT2D eigenvalue weighted by Gasteiger charge is 2.24. The highest BCUT2D eigenvalue weighted by Crippen LogP contribution is 2.20. The number of rotatable bonds is 3. The van der Waals surface area contributed by atoms with Crippen molar-refractivity contribution in [3.8, 4) is 0 Å². The Balaban J connectivity index is 3.45. The Kier molecular flexibility index (Phi) is 3.14. The van der Waals surface area contributed by atoms with Gasteiger partial charge in [0.05, 0.1) is 15.7 Å². The molecule has 0 aliphatic carbocycles. The highest BCUT2D eigenvalue weighted by molar-refractivity contribution is 7.92. The van der Waals surface area contributed by atoms with Crippen molar-refractivity contribution in [2.75, 3.05) is 0 Å². The third-order valence-electron chi connectivity index (χ3n) is 2.04. The second-order valence-corrected chi connectivity index (χ2v) is 5.87. The van der Waals surface area contributed by atoms with Gasteiger partial charge in [-0.25, -0.2) is 13.2 Å². The average molecular weight is 228 g/mol. The summed E-state index contributed by atoms with van der Waals surface area (Å²) < 4.78 is 23.6. The van der Waals surface area contributed by atoms with E-state index in [0.717, 1.165) is 0 Å². The average Bonchev–Trinajstić information content (AvgIpc) is 2.17.